The van der Waals surface area contributed by atoms with Crippen molar-refractivity contribution in [1.29, 1.82) is 0 Å². The van der Waals surface area contributed by atoms with E-state index in [-0.39, 0.29) is 6.61 Å². The van der Waals surface area contributed by atoms with Crippen LogP contribution in [0.1, 0.15) is 39.2 Å². The molecule has 3 rings (SSSR count). The molecule has 4 heteroatoms. The van der Waals surface area contributed by atoms with Crippen molar-refractivity contribution >= 4 is 0 Å². The number of aliphatic hydroxyl groups is 1. The lowest BCUT2D eigenvalue weighted by Crippen LogP contribution is -2.15. The van der Waals surface area contributed by atoms with Crippen molar-refractivity contribution in [3.63, 3.8) is 0 Å². The SMILES string of the molecule is Cc1ccc(Cn2nc(C)c(CNCc3ccccc3CO)c2C)cc1. The van der Waals surface area contributed by atoms with Crippen LogP contribution in [0.2, 0.25) is 0 Å². The molecular weight excluding hydrogens is 322 g/mol. The Labute approximate surface area is 155 Å². The average molecular weight is 349 g/mol. The maximum Gasteiger partial charge on any atom is 0.0685 e. The number of aliphatic hydroxyl groups excluding tert-OH is 1. The van der Waals surface area contributed by atoms with Crippen molar-refractivity contribution in [2.75, 3.05) is 0 Å². The van der Waals surface area contributed by atoms with Gasteiger partial charge in [0.1, 0.15) is 0 Å². The summed E-state index contributed by atoms with van der Waals surface area (Å²) in [7, 11) is 0. The van der Waals surface area contributed by atoms with E-state index in [0.29, 0.717) is 0 Å². The highest BCUT2D eigenvalue weighted by atomic mass is 16.3. The van der Waals surface area contributed by atoms with Gasteiger partial charge in [0.05, 0.1) is 18.8 Å². The molecule has 0 unspecified atom stereocenters. The molecule has 26 heavy (non-hydrogen) atoms. The minimum atomic E-state index is 0.0738. The van der Waals surface area contributed by atoms with Crippen molar-refractivity contribution in [1.82, 2.24) is 15.1 Å². The Kier molecular flexibility index (Phi) is 5.86. The molecule has 1 heterocycles. The van der Waals surface area contributed by atoms with Gasteiger partial charge in [-0.05, 0) is 37.5 Å². The highest BCUT2D eigenvalue weighted by molar-refractivity contribution is 5.28. The van der Waals surface area contributed by atoms with Gasteiger partial charge in [-0.15, -0.1) is 0 Å². The van der Waals surface area contributed by atoms with Gasteiger partial charge in [0.25, 0.3) is 0 Å². The first-order valence-electron chi connectivity index (χ1n) is 9.05. The second-order valence-electron chi connectivity index (χ2n) is 6.82. The third-order valence-corrected chi connectivity index (χ3v) is 4.89. The summed E-state index contributed by atoms with van der Waals surface area (Å²) in [6.45, 7) is 8.67. The van der Waals surface area contributed by atoms with Crippen LogP contribution in [0.25, 0.3) is 0 Å². The van der Waals surface area contributed by atoms with Gasteiger partial charge in [-0.3, -0.25) is 4.68 Å². The molecule has 2 N–H and O–H groups in total. The third-order valence-electron chi connectivity index (χ3n) is 4.89. The molecule has 2 aromatic carbocycles. The van der Waals surface area contributed by atoms with E-state index in [4.69, 9.17) is 5.10 Å². The fraction of sp³-hybridized carbons (Fsp3) is 0.318. The van der Waals surface area contributed by atoms with Gasteiger partial charge >= 0.3 is 0 Å². The quantitative estimate of drug-likeness (QED) is 0.685. The van der Waals surface area contributed by atoms with Gasteiger partial charge in [0.15, 0.2) is 0 Å². The lowest BCUT2D eigenvalue weighted by Gasteiger charge is -2.10. The first kappa shape index (κ1) is 18.4. The fourth-order valence-electron chi connectivity index (χ4n) is 3.22. The van der Waals surface area contributed by atoms with Crippen LogP contribution in [0.3, 0.4) is 0 Å². The summed E-state index contributed by atoms with van der Waals surface area (Å²) in [5, 5.41) is 17.7. The smallest absolute Gasteiger partial charge is 0.0685 e. The summed E-state index contributed by atoms with van der Waals surface area (Å²) in [5.74, 6) is 0. The molecule has 136 valence electrons. The van der Waals surface area contributed by atoms with E-state index < -0.39 is 0 Å². The highest BCUT2D eigenvalue weighted by Crippen LogP contribution is 2.16. The number of hydrogen-bond acceptors (Lipinski definition) is 3. The molecule has 1 aromatic heterocycles. The summed E-state index contributed by atoms with van der Waals surface area (Å²) in [4.78, 5) is 0. The van der Waals surface area contributed by atoms with E-state index in [1.807, 2.05) is 18.2 Å². The van der Waals surface area contributed by atoms with Crippen molar-refractivity contribution in [3.05, 3.63) is 87.7 Å². The topological polar surface area (TPSA) is 50.1 Å². The Hall–Kier alpha value is -2.43. The third kappa shape index (κ3) is 4.21. The van der Waals surface area contributed by atoms with Crippen LogP contribution < -0.4 is 5.32 Å². The predicted molar refractivity (Wildman–Crippen MR) is 105 cm³/mol. The van der Waals surface area contributed by atoms with Gasteiger partial charge in [0, 0.05) is 24.3 Å². The lowest BCUT2D eigenvalue weighted by atomic mass is 10.1. The van der Waals surface area contributed by atoms with Gasteiger partial charge in [0.2, 0.25) is 0 Å². The van der Waals surface area contributed by atoms with Crippen LogP contribution in [0.4, 0.5) is 0 Å². The molecule has 0 amide bonds. The number of aryl methyl sites for hydroxylation is 2. The maximum absolute atomic E-state index is 9.44. The molecule has 0 saturated heterocycles. The molecule has 0 aliphatic heterocycles. The molecule has 0 saturated carbocycles. The van der Waals surface area contributed by atoms with Crippen LogP contribution in [-0.2, 0) is 26.2 Å². The van der Waals surface area contributed by atoms with Crippen molar-refractivity contribution in [3.8, 4) is 0 Å². The number of benzene rings is 2. The Balaban J connectivity index is 1.67. The lowest BCUT2D eigenvalue weighted by molar-refractivity contribution is 0.280. The molecule has 0 aliphatic rings. The Morgan fingerprint density at radius 3 is 2.31 bits per heavy atom. The molecule has 3 aromatic rings. The molecule has 0 atom stereocenters. The highest BCUT2D eigenvalue weighted by Gasteiger charge is 2.12. The first-order chi connectivity index (χ1) is 12.6. The second kappa shape index (κ2) is 8.30. The monoisotopic (exact) mass is 349 g/mol. The minimum absolute atomic E-state index is 0.0738. The van der Waals surface area contributed by atoms with Gasteiger partial charge in [-0.2, -0.15) is 5.10 Å². The molecule has 0 radical (unpaired) electrons. The Bertz CT molecular complexity index is 866. The van der Waals surface area contributed by atoms with E-state index in [9.17, 15) is 5.11 Å². The molecule has 4 nitrogen and oxygen atoms in total. The zero-order chi connectivity index (χ0) is 18.5. The molecule has 0 spiro atoms. The Morgan fingerprint density at radius 2 is 1.62 bits per heavy atom. The van der Waals surface area contributed by atoms with E-state index in [1.165, 1.54) is 22.4 Å². The summed E-state index contributed by atoms with van der Waals surface area (Å²) in [6, 6.07) is 16.6. The van der Waals surface area contributed by atoms with E-state index >= 15 is 0 Å². The van der Waals surface area contributed by atoms with Gasteiger partial charge in [-0.25, -0.2) is 0 Å². The van der Waals surface area contributed by atoms with Crippen molar-refractivity contribution in [2.24, 2.45) is 0 Å². The molecule has 0 aliphatic carbocycles. The zero-order valence-corrected chi connectivity index (χ0v) is 15.8. The van der Waals surface area contributed by atoms with Crippen LogP contribution >= 0.6 is 0 Å². The summed E-state index contributed by atoms with van der Waals surface area (Å²) in [6.07, 6.45) is 0. The minimum Gasteiger partial charge on any atom is -0.392 e. The summed E-state index contributed by atoms with van der Waals surface area (Å²) >= 11 is 0. The number of nitrogens with zero attached hydrogens (tertiary/aromatic N) is 2. The molecule has 0 bridgehead atoms. The summed E-state index contributed by atoms with van der Waals surface area (Å²) < 4.78 is 2.08. The number of aromatic nitrogens is 2. The largest absolute Gasteiger partial charge is 0.392 e. The summed E-state index contributed by atoms with van der Waals surface area (Å²) in [5.41, 5.74) is 8.16. The molecular formula is C22H27N3O. The standard InChI is InChI=1S/C22H27N3O/c1-16-8-10-19(11-9-16)14-25-18(3)22(17(2)24-25)13-23-12-20-6-4-5-7-21(20)15-26/h4-11,23,26H,12-15H2,1-3H3. The second-order valence-corrected chi connectivity index (χ2v) is 6.82. The molecule has 0 fully saturated rings. The van der Waals surface area contributed by atoms with Gasteiger partial charge < -0.3 is 10.4 Å². The van der Waals surface area contributed by atoms with Crippen molar-refractivity contribution < 1.29 is 5.11 Å². The van der Waals surface area contributed by atoms with Crippen molar-refractivity contribution in [2.45, 2.75) is 47.0 Å². The average Bonchev–Trinajstić information content (AvgIpc) is 2.91. The number of hydrogen-bond donors (Lipinski definition) is 2. The van der Waals surface area contributed by atoms with E-state index in [0.717, 1.165) is 36.5 Å². The zero-order valence-electron chi connectivity index (χ0n) is 15.8. The normalized spacial score (nSPS) is 11.1. The number of rotatable bonds is 7. The van der Waals surface area contributed by atoms with E-state index in [1.54, 1.807) is 0 Å². The fourth-order valence-corrected chi connectivity index (χ4v) is 3.22. The Morgan fingerprint density at radius 1 is 0.923 bits per heavy atom. The van der Waals surface area contributed by atoms with E-state index in [2.05, 4.69) is 61.1 Å². The maximum atomic E-state index is 9.44. The van der Waals surface area contributed by atoms with Crippen LogP contribution in [0, 0.1) is 20.8 Å². The van der Waals surface area contributed by atoms with Crippen LogP contribution in [0.5, 0.6) is 0 Å². The first-order valence-corrected chi connectivity index (χ1v) is 9.05. The van der Waals surface area contributed by atoms with Crippen LogP contribution in [-0.4, -0.2) is 14.9 Å². The predicted octanol–water partition coefficient (Wildman–Crippen LogP) is 3.64. The van der Waals surface area contributed by atoms with Crippen LogP contribution in [0.15, 0.2) is 48.5 Å². The number of nitrogens with one attached hydrogen (secondary N) is 1. The van der Waals surface area contributed by atoms with Gasteiger partial charge in [-0.1, -0.05) is 54.1 Å².